The van der Waals surface area contributed by atoms with Gasteiger partial charge < -0.3 is 15.0 Å². The van der Waals surface area contributed by atoms with E-state index < -0.39 is 5.60 Å². The average molecular weight is 494 g/mol. The van der Waals surface area contributed by atoms with Gasteiger partial charge >= 0.3 is 6.09 Å². The van der Waals surface area contributed by atoms with Gasteiger partial charge in [-0.3, -0.25) is 9.59 Å². The van der Waals surface area contributed by atoms with Crippen molar-refractivity contribution in [3.63, 3.8) is 0 Å². The maximum atomic E-state index is 13.1. The summed E-state index contributed by atoms with van der Waals surface area (Å²) >= 11 is 0. The van der Waals surface area contributed by atoms with Crippen molar-refractivity contribution in [3.05, 3.63) is 65.0 Å². The van der Waals surface area contributed by atoms with Gasteiger partial charge in [-0.15, -0.1) is 0 Å². The summed E-state index contributed by atoms with van der Waals surface area (Å²) in [6.07, 6.45) is 3.72. The Balaban J connectivity index is 1.58. The van der Waals surface area contributed by atoms with Crippen molar-refractivity contribution in [1.29, 1.82) is 0 Å². The van der Waals surface area contributed by atoms with Gasteiger partial charge in [0.15, 0.2) is 5.78 Å². The molecule has 3 rings (SSSR count). The Kier molecular flexibility index (Phi) is 9.24. The second kappa shape index (κ2) is 12.2. The van der Waals surface area contributed by atoms with Crippen LogP contribution < -0.4 is 5.32 Å². The van der Waals surface area contributed by atoms with Gasteiger partial charge in [0.25, 0.3) is 5.91 Å². The van der Waals surface area contributed by atoms with Crippen LogP contribution in [0.15, 0.2) is 42.5 Å². The number of ether oxygens (including phenoxy) is 1. The third-order valence-corrected chi connectivity index (χ3v) is 6.65. The lowest BCUT2D eigenvalue weighted by molar-refractivity contribution is 0.0180. The fraction of sp³-hybridized carbons (Fsp3) is 0.517. The van der Waals surface area contributed by atoms with Crippen molar-refractivity contribution in [2.75, 3.05) is 20.1 Å². The second-order valence-corrected chi connectivity index (χ2v) is 10.6. The minimum Gasteiger partial charge on any atom is -0.444 e. The predicted molar refractivity (Wildman–Crippen MR) is 140 cm³/mol. The number of piperidine rings is 1. The molecule has 0 radical (unpaired) electrons. The lowest BCUT2D eigenvalue weighted by Gasteiger charge is -2.33. The maximum absolute atomic E-state index is 13.1. The highest BCUT2D eigenvalue weighted by atomic mass is 16.6. The molecule has 194 valence electrons. The zero-order valence-electron chi connectivity index (χ0n) is 22.2. The number of rotatable bonds is 8. The lowest BCUT2D eigenvalue weighted by atomic mass is 9.90. The second-order valence-electron chi connectivity index (χ2n) is 10.6. The summed E-state index contributed by atoms with van der Waals surface area (Å²) in [5.41, 5.74) is 2.09. The Hall–Kier alpha value is -3.22. The van der Waals surface area contributed by atoms with Gasteiger partial charge in [0.05, 0.1) is 0 Å². The third kappa shape index (κ3) is 7.64. The number of benzene rings is 1. The molecule has 7 nitrogen and oxygen atoms in total. The Bertz CT molecular complexity index is 1050. The number of likely N-dealkylation sites (tertiary alicyclic amines) is 1. The number of ketones is 1. The minimum atomic E-state index is -0.488. The molecule has 1 unspecified atom stereocenters. The first-order valence-corrected chi connectivity index (χ1v) is 12.9. The molecule has 7 heteroatoms. The van der Waals surface area contributed by atoms with Crippen LogP contribution in [0.5, 0.6) is 0 Å². The summed E-state index contributed by atoms with van der Waals surface area (Å²) in [6.45, 7) is 9.03. The molecule has 2 amide bonds. The summed E-state index contributed by atoms with van der Waals surface area (Å²) in [7, 11) is 1.56. The number of hydrogen-bond acceptors (Lipinski definition) is 5. The van der Waals surface area contributed by atoms with E-state index in [4.69, 9.17) is 4.74 Å². The topological polar surface area (TPSA) is 88.6 Å². The molecule has 1 aromatic heterocycles. The van der Waals surface area contributed by atoms with E-state index in [1.165, 1.54) is 0 Å². The van der Waals surface area contributed by atoms with E-state index in [1.807, 2.05) is 64.1 Å². The monoisotopic (exact) mass is 493 g/mol. The number of nitrogens with one attached hydrogen (secondary N) is 1. The first-order valence-electron chi connectivity index (χ1n) is 12.9. The first kappa shape index (κ1) is 27.4. The average Bonchev–Trinajstić information content (AvgIpc) is 2.87. The highest BCUT2D eigenvalue weighted by Crippen LogP contribution is 2.26. The van der Waals surface area contributed by atoms with Crippen LogP contribution in [0.2, 0.25) is 0 Å². The van der Waals surface area contributed by atoms with Gasteiger partial charge in [0, 0.05) is 43.7 Å². The summed E-state index contributed by atoms with van der Waals surface area (Å²) in [6, 6.07) is 13.4. The van der Waals surface area contributed by atoms with E-state index in [1.54, 1.807) is 18.0 Å². The molecule has 1 atom stereocenters. The molecule has 1 saturated heterocycles. The highest BCUT2D eigenvalue weighted by molar-refractivity contribution is 5.99. The normalized spacial score (nSPS) is 15.3. The van der Waals surface area contributed by atoms with Crippen molar-refractivity contribution in [2.24, 2.45) is 5.92 Å². The lowest BCUT2D eigenvalue weighted by Crippen LogP contribution is -2.41. The van der Waals surface area contributed by atoms with Crippen molar-refractivity contribution in [3.8, 4) is 0 Å². The summed E-state index contributed by atoms with van der Waals surface area (Å²) in [5.74, 6) is 0.166. The number of aromatic nitrogens is 1. The van der Waals surface area contributed by atoms with E-state index in [0.717, 1.165) is 31.2 Å². The van der Waals surface area contributed by atoms with Gasteiger partial charge in [-0.25, -0.2) is 9.78 Å². The Labute approximate surface area is 214 Å². The Morgan fingerprint density at radius 1 is 1.11 bits per heavy atom. The quantitative estimate of drug-likeness (QED) is 0.484. The molecule has 1 aliphatic rings. The molecule has 2 aromatic rings. The van der Waals surface area contributed by atoms with Gasteiger partial charge in [-0.05, 0) is 70.1 Å². The fourth-order valence-electron chi connectivity index (χ4n) is 4.52. The molecule has 0 spiro atoms. The molecule has 1 fully saturated rings. The zero-order valence-corrected chi connectivity index (χ0v) is 22.2. The molecular weight excluding hydrogens is 454 g/mol. The van der Waals surface area contributed by atoms with E-state index in [9.17, 15) is 14.4 Å². The van der Waals surface area contributed by atoms with E-state index in [2.05, 4.69) is 10.3 Å². The van der Waals surface area contributed by atoms with Crippen LogP contribution in [0.3, 0.4) is 0 Å². The molecule has 0 saturated carbocycles. The first-order chi connectivity index (χ1) is 17.1. The molecule has 0 aliphatic carbocycles. The van der Waals surface area contributed by atoms with Crippen molar-refractivity contribution >= 4 is 17.8 Å². The van der Waals surface area contributed by atoms with Gasteiger partial charge in [0.1, 0.15) is 11.3 Å². The number of amides is 2. The highest BCUT2D eigenvalue weighted by Gasteiger charge is 2.27. The molecule has 36 heavy (non-hydrogen) atoms. The van der Waals surface area contributed by atoms with E-state index >= 15 is 0 Å². The summed E-state index contributed by atoms with van der Waals surface area (Å²) < 4.78 is 5.47. The number of Topliss-reactive ketones (excluding diaryl/α,β-unsaturated/α-hetero) is 1. The largest absolute Gasteiger partial charge is 0.444 e. The van der Waals surface area contributed by atoms with Gasteiger partial charge in [0.2, 0.25) is 0 Å². The number of pyridine rings is 1. The molecule has 1 aromatic carbocycles. The maximum Gasteiger partial charge on any atom is 0.410 e. The Morgan fingerprint density at radius 2 is 1.78 bits per heavy atom. The number of nitrogens with zero attached hydrogens (tertiary/aromatic N) is 2. The number of carbonyl (C=O) groups is 3. The van der Waals surface area contributed by atoms with Gasteiger partial charge in [-0.2, -0.15) is 0 Å². The number of hydrogen-bond donors (Lipinski definition) is 1. The molecule has 0 bridgehead atoms. The zero-order chi connectivity index (χ0) is 26.3. The van der Waals surface area contributed by atoms with E-state index in [-0.39, 0.29) is 29.4 Å². The summed E-state index contributed by atoms with van der Waals surface area (Å²) in [4.78, 5) is 44.1. The smallest absolute Gasteiger partial charge is 0.410 e. The van der Waals surface area contributed by atoms with Crippen LogP contribution >= 0.6 is 0 Å². The predicted octanol–water partition coefficient (Wildman–Crippen LogP) is 5.59. The van der Waals surface area contributed by atoms with Crippen LogP contribution in [0, 0.1) is 5.92 Å². The van der Waals surface area contributed by atoms with Crippen LogP contribution in [-0.2, 0) is 4.74 Å². The van der Waals surface area contributed by atoms with Crippen LogP contribution in [0.25, 0.3) is 0 Å². The third-order valence-electron chi connectivity index (χ3n) is 6.65. The van der Waals surface area contributed by atoms with E-state index in [0.29, 0.717) is 36.7 Å². The van der Waals surface area contributed by atoms with Gasteiger partial charge in [-0.1, -0.05) is 37.3 Å². The van der Waals surface area contributed by atoms with Crippen molar-refractivity contribution < 1.29 is 19.1 Å². The SMILES string of the molecule is CNC(=O)c1cc(C(=O)CCCC2CCN(C(=O)OC(C)(C)C)CC2)cc(C(C)c2ccccc2)n1. The summed E-state index contributed by atoms with van der Waals surface area (Å²) in [5, 5.41) is 2.61. The molecule has 1 N–H and O–H groups in total. The fourth-order valence-corrected chi connectivity index (χ4v) is 4.52. The minimum absolute atomic E-state index is 0.0234. The Morgan fingerprint density at radius 3 is 2.39 bits per heavy atom. The molecule has 1 aliphatic heterocycles. The van der Waals surface area contributed by atoms with Crippen molar-refractivity contribution in [1.82, 2.24) is 15.2 Å². The van der Waals surface area contributed by atoms with Crippen LogP contribution in [0.4, 0.5) is 4.79 Å². The standard InChI is InChI=1S/C29H39N3O4/c1-20(22-11-7-6-8-12-22)24-18-23(19-25(31-24)27(34)30-5)26(33)13-9-10-21-14-16-32(17-15-21)28(35)36-29(2,3)4/h6-8,11-12,18-21H,9-10,13-17H2,1-5H3,(H,30,34). The molecule has 2 heterocycles. The number of carbonyl (C=O) groups excluding carboxylic acids is 3. The molecular formula is C29H39N3O4. The van der Waals surface area contributed by atoms with Crippen LogP contribution in [-0.4, -0.2) is 53.4 Å². The van der Waals surface area contributed by atoms with Crippen molar-refractivity contribution in [2.45, 2.75) is 71.3 Å². The van der Waals surface area contributed by atoms with Crippen LogP contribution in [0.1, 0.15) is 97.8 Å².